The lowest BCUT2D eigenvalue weighted by Gasteiger charge is -2.15. The fourth-order valence-electron chi connectivity index (χ4n) is 3.85. The van der Waals surface area contributed by atoms with Crippen LogP contribution < -0.4 is 15.5 Å². The fourth-order valence-corrected chi connectivity index (χ4v) is 3.85. The van der Waals surface area contributed by atoms with E-state index >= 15 is 0 Å². The quantitative estimate of drug-likeness (QED) is 0.572. The number of hydrogen-bond acceptors (Lipinski definition) is 3. The van der Waals surface area contributed by atoms with Gasteiger partial charge in [-0.05, 0) is 57.2 Å². The number of ether oxygens (including phenoxy) is 1. The number of amides is 2. The van der Waals surface area contributed by atoms with Crippen molar-refractivity contribution >= 4 is 18.0 Å². The van der Waals surface area contributed by atoms with E-state index in [0.29, 0.717) is 12.2 Å². The largest absolute Gasteiger partial charge is 0.494 e. The van der Waals surface area contributed by atoms with Crippen LogP contribution in [0.2, 0.25) is 0 Å². The number of carbonyl (C=O) groups excluding carboxylic acids is 2. The molecule has 4 rings (SSSR count). The van der Waals surface area contributed by atoms with Gasteiger partial charge in [0.1, 0.15) is 5.75 Å². The lowest BCUT2D eigenvalue weighted by molar-refractivity contribution is -0.596. The van der Waals surface area contributed by atoms with Crippen molar-refractivity contribution in [3.8, 4) is 5.75 Å². The lowest BCUT2D eigenvalue weighted by atomic mass is 9.98. The molecule has 1 saturated heterocycles. The molecule has 0 aromatic heterocycles. The molecular formula is C27H28N3O3+. The van der Waals surface area contributed by atoms with Gasteiger partial charge in [0.15, 0.2) is 6.04 Å². The second-order valence-corrected chi connectivity index (χ2v) is 8.19. The Morgan fingerprint density at radius 3 is 2.18 bits per heavy atom. The van der Waals surface area contributed by atoms with E-state index in [1.54, 1.807) is 16.8 Å². The van der Waals surface area contributed by atoms with Gasteiger partial charge in [0, 0.05) is 16.7 Å². The predicted molar refractivity (Wildman–Crippen MR) is 128 cm³/mol. The van der Waals surface area contributed by atoms with Crippen LogP contribution in [-0.2, 0) is 4.79 Å². The van der Waals surface area contributed by atoms with Gasteiger partial charge in [-0.2, -0.15) is 0 Å². The standard InChI is InChI=1S/C27H27N3O3/c1-4-33-23-15-9-20(10-16-23)17-30-25(21-11-5-18(2)6-12-21)24(27(32)29-30)28-26(31)22-13-7-19(3)8-14-22/h5-17,24-25H,4H2,1-3H3,(H-,28,29,31,32)/p+1/b30-17-/t24-,25-/m0/s1. The van der Waals surface area contributed by atoms with Crippen molar-refractivity contribution in [2.24, 2.45) is 0 Å². The maximum atomic E-state index is 13.0. The van der Waals surface area contributed by atoms with Gasteiger partial charge in [0.2, 0.25) is 12.3 Å². The zero-order chi connectivity index (χ0) is 23.4. The smallest absolute Gasteiger partial charge is 0.304 e. The third-order valence-electron chi connectivity index (χ3n) is 5.64. The summed E-state index contributed by atoms with van der Waals surface area (Å²) in [5.74, 6) is 0.247. The van der Waals surface area contributed by atoms with Crippen LogP contribution in [0.25, 0.3) is 0 Å². The number of nitrogens with zero attached hydrogens (tertiary/aromatic N) is 1. The summed E-state index contributed by atoms with van der Waals surface area (Å²) in [5, 5.41) is 2.94. The fraction of sp³-hybridized carbons (Fsp3) is 0.222. The van der Waals surface area contributed by atoms with Gasteiger partial charge < -0.3 is 10.1 Å². The van der Waals surface area contributed by atoms with E-state index in [-0.39, 0.29) is 11.8 Å². The Morgan fingerprint density at radius 1 is 0.970 bits per heavy atom. The molecule has 3 aromatic rings. The van der Waals surface area contributed by atoms with Gasteiger partial charge in [-0.25, -0.2) is 0 Å². The molecule has 0 aliphatic carbocycles. The van der Waals surface area contributed by atoms with Crippen molar-refractivity contribution in [3.63, 3.8) is 0 Å². The first kappa shape index (κ1) is 22.3. The number of hydrazine groups is 1. The van der Waals surface area contributed by atoms with E-state index < -0.39 is 12.1 Å². The summed E-state index contributed by atoms with van der Waals surface area (Å²) < 4.78 is 7.28. The highest BCUT2D eigenvalue weighted by molar-refractivity contribution is 5.98. The van der Waals surface area contributed by atoms with Gasteiger partial charge >= 0.3 is 5.91 Å². The minimum Gasteiger partial charge on any atom is -0.494 e. The number of rotatable bonds is 6. The van der Waals surface area contributed by atoms with Crippen molar-refractivity contribution in [2.75, 3.05) is 6.61 Å². The molecular weight excluding hydrogens is 414 g/mol. The SMILES string of the molecule is CCOc1ccc(/C=[N+]2\NC(=O)[C@@H](NC(=O)c3ccc(C)cc3)[C@@H]2c2ccc(C)cc2)cc1. The highest BCUT2D eigenvalue weighted by atomic mass is 16.5. The average molecular weight is 443 g/mol. The Balaban J connectivity index is 1.66. The van der Waals surface area contributed by atoms with Crippen LogP contribution in [0.1, 0.15) is 45.6 Å². The molecule has 1 aliphatic heterocycles. The van der Waals surface area contributed by atoms with Crippen molar-refractivity contribution in [2.45, 2.75) is 32.9 Å². The molecule has 33 heavy (non-hydrogen) atoms. The van der Waals surface area contributed by atoms with Crippen LogP contribution in [-0.4, -0.2) is 35.4 Å². The maximum absolute atomic E-state index is 13.0. The van der Waals surface area contributed by atoms with Crippen LogP contribution in [0.3, 0.4) is 0 Å². The molecule has 3 aromatic carbocycles. The summed E-state index contributed by atoms with van der Waals surface area (Å²) in [4.78, 5) is 25.9. The third kappa shape index (κ3) is 5.12. The topological polar surface area (TPSA) is 70.4 Å². The van der Waals surface area contributed by atoms with Gasteiger partial charge in [-0.15, -0.1) is 10.1 Å². The van der Waals surface area contributed by atoms with E-state index in [1.165, 1.54) is 0 Å². The first-order valence-corrected chi connectivity index (χ1v) is 11.1. The molecule has 2 atom stereocenters. The Hall–Kier alpha value is -3.93. The minimum atomic E-state index is -0.750. The zero-order valence-electron chi connectivity index (χ0n) is 19.0. The first-order valence-electron chi connectivity index (χ1n) is 11.1. The van der Waals surface area contributed by atoms with Gasteiger partial charge in [0.05, 0.1) is 6.61 Å². The van der Waals surface area contributed by atoms with Gasteiger partial charge in [-0.3, -0.25) is 9.59 Å². The zero-order valence-corrected chi connectivity index (χ0v) is 19.0. The Labute approximate surface area is 193 Å². The average Bonchev–Trinajstić information content (AvgIpc) is 3.10. The number of aryl methyl sites for hydroxylation is 2. The Kier molecular flexibility index (Phi) is 6.54. The summed E-state index contributed by atoms with van der Waals surface area (Å²) in [6, 6.07) is 21.8. The number of hydrazone groups is 1. The number of carbonyl (C=O) groups is 2. The number of nitrogens with one attached hydrogen (secondary N) is 2. The molecule has 0 saturated carbocycles. The number of benzene rings is 3. The van der Waals surface area contributed by atoms with Crippen LogP contribution >= 0.6 is 0 Å². The van der Waals surface area contributed by atoms with Gasteiger partial charge in [-0.1, -0.05) is 47.5 Å². The Bertz CT molecular complexity index is 1170. The summed E-state index contributed by atoms with van der Waals surface area (Å²) in [7, 11) is 0. The molecule has 0 spiro atoms. The summed E-state index contributed by atoms with van der Waals surface area (Å²) in [6.07, 6.45) is 1.87. The number of hydrogen-bond donors (Lipinski definition) is 2. The Morgan fingerprint density at radius 2 is 1.58 bits per heavy atom. The van der Waals surface area contributed by atoms with E-state index in [9.17, 15) is 9.59 Å². The second kappa shape index (κ2) is 9.69. The van der Waals surface area contributed by atoms with Crippen molar-refractivity contribution in [1.82, 2.24) is 10.7 Å². The predicted octanol–water partition coefficient (Wildman–Crippen LogP) is 3.72. The second-order valence-electron chi connectivity index (χ2n) is 8.19. The molecule has 168 valence electrons. The van der Waals surface area contributed by atoms with E-state index in [1.807, 2.05) is 87.6 Å². The van der Waals surface area contributed by atoms with Gasteiger partial charge in [0.25, 0.3) is 5.91 Å². The molecule has 6 heteroatoms. The molecule has 1 fully saturated rings. The molecule has 2 amide bonds. The molecule has 0 unspecified atom stereocenters. The van der Waals surface area contributed by atoms with Crippen LogP contribution in [0.4, 0.5) is 0 Å². The van der Waals surface area contributed by atoms with E-state index in [2.05, 4.69) is 10.7 Å². The maximum Gasteiger partial charge on any atom is 0.304 e. The van der Waals surface area contributed by atoms with Crippen molar-refractivity contribution in [3.05, 3.63) is 101 Å². The first-order chi connectivity index (χ1) is 15.9. The molecule has 1 aliphatic rings. The normalized spacial score (nSPS) is 18.8. The highest BCUT2D eigenvalue weighted by Gasteiger charge is 2.47. The highest BCUT2D eigenvalue weighted by Crippen LogP contribution is 2.26. The van der Waals surface area contributed by atoms with E-state index in [4.69, 9.17) is 4.74 Å². The molecule has 2 N–H and O–H groups in total. The third-order valence-corrected chi connectivity index (χ3v) is 5.64. The lowest BCUT2D eigenvalue weighted by Crippen LogP contribution is -2.42. The molecule has 0 radical (unpaired) electrons. The van der Waals surface area contributed by atoms with Crippen LogP contribution in [0.15, 0.2) is 72.8 Å². The molecule has 0 bridgehead atoms. The summed E-state index contributed by atoms with van der Waals surface area (Å²) in [5.41, 5.74) is 7.45. The minimum absolute atomic E-state index is 0.261. The van der Waals surface area contributed by atoms with Crippen molar-refractivity contribution < 1.29 is 19.0 Å². The summed E-state index contributed by atoms with van der Waals surface area (Å²) in [6.45, 7) is 6.52. The summed E-state index contributed by atoms with van der Waals surface area (Å²) >= 11 is 0. The molecule has 1 heterocycles. The van der Waals surface area contributed by atoms with Crippen LogP contribution in [0.5, 0.6) is 5.75 Å². The molecule has 6 nitrogen and oxygen atoms in total. The van der Waals surface area contributed by atoms with Crippen molar-refractivity contribution in [1.29, 1.82) is 0 Å². The van der Waals surface area contributed by atoms with E-state index in [0.717, 1.165) is 28.0 Å². The monoisotopic (exact) mass is 442 g/mol. The van der Waals surface area contributed by atoms with Crippen LogP contribution in [0, 0.1) is 13.8 Å².